The lowest BCUT2D eigenvalue weighted by Gasteiger charge is -2.04. The number of aryl methyl sites for hydroxylation is 2. The van der Waals surface area contributed by atoms with Crippen LogP contribution in [0.4, 0.5) is 5.13 Å². The lowest BCUT2D eigenvalue weighted by atomic mass is 10.1. The first-order valence-corrected chi connectivity index (χ1v) is 12.0. The molecule has 152 valence electrons. The second-order valence-corrected chi connectivity index (χ2v) is 10.1. The Hall–Kier alpha value is -2.29. The van der Waals surface area contributed by atoms with Crippen molar-refractivity contribution in [3.05, 3.63) is 75.8 Å². The highest BCUT2D eigenvalue weighted by molar-refractivity contribution is 7.91. The molecular formula is C20H20ClN3O3S2. The summed E-state index contributed by atoms with van der Waals surface area (Å²) in [6.07, 6.45) is 2.60. The van der Waals surface area contributed by atoms with Crippen molar-refractivity contribution in [1.29, 1.82) is 0 Å². The summed E-state index contributed by atoms with van der Waals surface area (Å²) in [6, 6.07) is 16.7. The number of nitrogens with zero attached hydrogens (tertiary/aromatic N) is 2. The molecule has 0 fully saturated rings. The Kier molecular flexibility index (Phi) is 7.35. The first-order valence-electron chi connectivity index (χ1n) is 9.01. The Balaban J connectivity index is 1.47. The van der Waals surface area contributed by atoms with E-state index >= 15 is 0 Å². The highest BCUT2D eigenvalue weighted by Gasteiger charge is 2.19. The molecule has 3 aromatic rings. The average Bonchev–Trinajstić information content (AvgIpc) is 3.11. The van der Waals surface area contributed by atoms with E-state index in [0.717, 1.165) is 24.3 Å². The molecule has 0 spiro atoms. The third kappa shape index (κ3) is 7.23. The van der Waals surface area contributed by atoms with Crippen LogP contribution in [-0.4, -0.2) is 30.3 Å². The van der Waals surface area contributed by atoms with Crippen LogP contribution in [0.15, 0.2) is 54.6 Å². The van der Waals surface area contributed by atoms with Crippen LogP contribution in [0.3, 0.4) is 0 Å². The Labute approximate surface area is 178 Å². The second kappa shape index (κ2) is 9.96. The Bertz CT molecular complexity index is 1050. The highest BCUT2D eigenvalue weighted by Crippen LogP contribution is 2.18. The normalized spacial score (nSPS) is 11.3. The zero-order chi connectivity index (χ0) is 20.7. The van der Waals surface area contributed by atoms with Gasteiger partial charge in [-0.3, -0.25) is 10.1 Å². The van der Waals surface area contributed by atoms with Gasteiger partial charge in [0.2, 0.25) is 11.0 Å². The van der Waals surface area contributed by atoms with Gasteiger partial charge in [0.1, 0.15) is 10.8 Å². The zero-order valence-corrected chi connectivity index (χ0v) is 17.9. The van der Waals surface area contributed by atoms with Gasteiger partial charge in [-0.25, -0.2) is 8.42 Å². The minimum Gasteiger partial charge on any atom is -0.300 e. The standard InChI is InChI=1S/C20H20ClN3O3S2/c21-17-11-9-16(10-12-17)13-29(26,27)14-18(25)22-20-24-23-19(28-20)8-4-7-15-5-2-1-3-6-15/h1-3,5-6,9-12H,4,7-8,13-14H2,(H,22,24,25). The Morgan fingerprint density at radius 3 is 2.41 bits per heavy atom. The summed E-state index contributed by atoms with van der Waals surface area (Å²) in [6.45, 7) is 0. The van der Waals surface area contributed by atoms with Crippen LogP contribution in [0.2, 0.25) is 5.02 Å². The van der Waals surface area contributed by atoms with Crippen LogP contribution < -0.4 is 5.32 Å². The van der Waals surface area contributed by atoms with E-state index in [4.69, 9.17) is 11.6 Å². The van der Waals surface area contributed by atoms with Crippen LogP contribution >= 0.6 is 22.9 Å². The molecule has 0 radical (unpaired) electrons. The summed E-state index contributed by atoms with van der Waals surface area (Å²) >= 11 is 7.06. The number of hydrogen-bond donors (Lipinski definition) is 1. The molecule has 0 atom stereocenters. The topological polar surface area (TPSA) is 89.0 Å². The van der Waals surface area contributed by atoms with Crippen molar-refractivity contribution in [1.82, 2.24) is 10.2 Å². The van der Waals surface area contributed by atoms with E-state index in [0.29, 0.717) is 15.7 Å². The number of amides is 1. The monoisotopic (exact) mass is 449 g/mol. The first kappa shape index (κ1) is 21.4. The fourth-order valence-electron chi connectivity index (χ4n) is 2.73. The number of anilines is 1. The van der Waals surface area contributed by atoms with Gasteiger partial charge >= 0.3 is 0 Å². The number of rotatable bonds is 9. The fourth-order valence-corrected chi connectivity index (χ4v) is 4.93. The van der Waals surface area contributed by atoms with E-state index in [1.165, 1.54) is 16.9 Å². The average molecular weight is 450 g/mol. The molecule has 0 bridgehead atoms. The summed E-state index contributed by atoms with van der Waals surface area (Å²) in [5.41, 5.74) is 1.84. The van der Waals surface area contributed by atoms with Gasteiger partial charge in [0.25, 0.3) is 0 Å². The maximum atomic E-state index is 12.2. The molecule has 9 heteroatoms. The molecule has 6 nitrogen and oxygen atoms in total. The number of sulfone groups is 1. The smallest absolute Gasteiger partial charge is 0.241 e. The number of nitrogens with one attached hydrogen (secondary N) is 1. The number of carbonyl (C=O) groups excluding carboxylic acids is 1. The molecule has 1 heterocycles. The van der Waals surface area contributed by atoms with E-state index < -0.39 is 21.5 Å². The van der Waals surface area contributed by atoms with Crippen molar-refractivity contribution in [2.45, 2.75) is 25.0 Å². The minimum atomic E-state index is -3.60. The summed E-state index contributed by atoms with van der Waals surface area (Å²) < 4.78 is 24.5. The molecule has 1 amide bonds. The first-order chi connectivity index (χ1) is 13.9. The van der Waals surface area contributed by atoms with Gasteiger partial charge in [0.15, 0.2) is 9.84 Å². The van der Waals surface area contributed by atoms with Gasteiger partial charge in [0, 0.05) is 11.4 Å². The van der Waals surface area contributed by atoms with Crippen LogP contribution in [0.25, 0.3) is 0 Å². The van der Waals surface area contributed by atoms with Crippen molar-refractivity contribution in [3.63, 3.8) is 0 Å². The van der Waals surface area contributed by atoms with Crippen LogP contribution in [0.5, 0.6) is 0 Å². The van der Waals surface area contributed by atoms with Gasteiger partial charge in [-0.2, -0.15) is 0 Å². The predicted molar refractivity (Wildman–Crippen MR) is 116 cm³/mol. The molecule has 0 aliphatic carbocycles. The molecule has 3 rings (SSSR count). The van der Waals surface area contributed by atoms with Crippen molar-refractivity contribution < 1.29 is 13.2 Å². The highest BCUT2D eigenvalue weighted by atomic mass is 35.5. The molecular weight excluding hydrogens is 430 g/mol. The fraction of sp³-hybridized carbons (Fsp3) is 0.250. The molecule has 1 aromatic heterocycles. The molecule has 0 saturated heterocycles. The van der Waals surface area contributed by atoms with Crippen molar-refractivity contribution in [2.24, 2.45) is 0 Å². The lowest BCUT2D eigenvalue weighted by Crippen LogP contribution is -2.23. The summed E-state index contributed by atoms with van der Waals surface area (Å²) in [7, 11) is -3.60. The number of carbonyl (C=O) groups is 1. The number of hydrogen-bond acceptors (Lipinski definition) is 6. The summed E-state index contributed by atoms with van der Waals surface area (Å²) in [5.74, 6) is -1.46. The zero-order valence-electron chi connectivity index (χ0n) is 15.5. The van der Waals surface area contributed by atoms with Gasteiger partial charge in [0.05, 0.1) is 5.75 Å². The van der Waals surface area contributed by atoms with Crippen molar-refractivity contribution in [2.75, 3.05) is 11.1 Å². The van der Waals surface area contributed by atoms with Gasteiger partial charge < -0.3 is 0 Å². The molecule has 0 saturated carbocycles. The van der Waals surface area contributed by atoms with E-state index in [9.17, 15) is 13.2 Å². The number of benzene rings is 2. The van der Waals surface area contributed by atoms with E-state index in [1.54, 1.807) is 24.3 Å². The van der Waals surface area contributed by atoms with Crippen molar-refractivity contribution >= 4 is 43.8 Å². The van der Waals surface area contributed by atoms with E-state index in [-0.39, 0.29) is 5.75 Å². The maximum absolute atomic E-state index is 12.2. The molecule has 0 unspecified atom stereocenters. The molecule has 2 aromatic carbocycles. The molecule has 0 aliphatic heterocycles. The minimum absolute atomic E-state index is 0.224. The summed E-state index contributed by atoms with van der Waals surface area (Å²) in [4.78, 5) is 12.1. The van der Waals surface area contributed by atoms with Crippen molar-refractivity contribution in [3.8, 4) is 0 Å². The molecule has 0 aliphatic rings. The summed E-state index contributed by atoms with van der Waals surface area (Å²) in [5, 5.41) is 12.2. The second-order valence-electron chi connectivity index (χ2n) is 6.55. The van der Waals surface area contributed by atoms with Crippen LogP contribution in [-0.2, 0) is 33.2 Å². The Morgan fingerprint density at radius 2 is 1.69 bits per heavy atom. The van der Waals surface area contributed by atoms with Crippen LogP contribution in [0.1, 0.15) is 22.6 Å². The largest absolute Gasteiger partial charge is 0.300 e. The van der Waals surface area contributed by atoms with Gasteiger partial charge in [-0.05, 0) is 36.1 Å². The third-order valence-electron chi connectivity index (χ3n) is 4.06. The molecule has 29 heavy (non-hydrogen) atoms. The van der Waals surface area contributed by atoms with E-state index in [2.05, 4.69) is 27.6 Å². The number of halogens is 1. The number of aromatic nitrogens is 2. The quantitative estimate of drug-likeness (QED) is 0.534. The van der Waals surface area contributed by atoms with Gasteiger partial charge in [-0.1, -0.05) is 65.4 Å². The lowest BCUT2D eigenvalue weighted by molar-refractivity contribution is -0.113. The third-order valence-corrected chi connectivity index (χ3v) is 6.69. The Morgan fingerprint density at radius 1 is 0.966 bits per heavy atom. The van der Waals surface area contributed by atoms with Gasteiger partial charge in [-0.15, -0.1) is 10.2 Å². The van der Waals surface area contributed by atoms with Crippen LogP contribution in [0, 0.1) is 0 Å². The predicted octanol–water partition coefficient (Wildman–Crippen LogP) is 3.92. The van der Waals surface area contributed by atoms with E-state index in [1.807, 2.05) is 18.2 Å². The maximum Gasteiger partial charge on any atom is 0.241 e. The molecule has 1 N–H and O–H groups in total. The SMILES string of the molecule is O=C(CS(=O)(=O)Cc1ccc(Cl)cc1)Nc1nnc(CCCc2ccccc2)s1.